The molecule has 0 aliphatic carbocycles. The molecule has 0 atom stereocenters. The summed E-state index contributed by atoms with van der Waals surface area (Å²) in [7, 11) is 1.67. The quantitative estimate of drug-likeness (QED) is 0.784. The Labute approximate surface area is 113 Å². The lowest BCUT2D eigenvalue weighted by Gasteiger charge is -2.23. The van der Waals surface area contributed by atoms with Crippen LogP contribution in [0.4, 0.5) is 4.39 Å². The summed E-state index contributed by atoms with van der Waals surface area (Å²) in [6.45, 7) is 7.45. The third-order valence-corrected chi connectivity index (χ3v) is 3.24. The van der Waals surface area contributed by atoms with Gasteiger partial charge in [0.05, 0.1) is 5.56 Å². The van der Waals surface area contributed by atoms with Gasteiger partial charge in [-0.15, -0.1) is 0 Å². The standard InChI is InChI=1S/C15H20FNO2/c1-9(2)12-7-13(11(8-18)6-14(12)16)15(19)17(5)10(3)4/h6-10H,1-5H3. The first-order valence-electron chi connectivity index (χ1n) is 6.35. The lowest BCUT2D eigenvalue weighted by molar-refractivity contribution is 0.0752. The molecule has 1 aromatic carbocycles. The first-order chi connectivity index (χ1) is 8.79. The van der Waals surface area contributed by atoms with Gasteiger partial charge in [-0.3, -0.25) is 9.59 Å². The number of nitrogens with zero attached hydrogens (tertiary/aromatic N) is 1. The normalized spacial score (nSPS) is 10.9. The minimum Gasteiger partial charge on any atom is -0.339 e. The number of carbonyl (C=O) groups is 2. The van der Waals surface area contributed by atoms with E-state index in [0.717, 1.165) is 6.07 Å². The zero-order valence-electron chi connectivity index (χ0n) is 12.0. The summed E-state index contributed by atoms with van der Waals surface area (Å²) < 4.78 is 13.8. The smallest absolute Gasteiger partial charge is 0.254 e. The molecule has 0 unspecified atom stereocenters. The van der Waals surface area contributed by atoms with Crippen molar-refractivity contribution in [2.75, 3.05) is 7.05 Å². The average Bonchev–Trinajstić information content (AvgIpc) is 2.35. The molecule has 1 aromatic rings. The molecule has 3 nitrogen and oxygen atoms in total. The molecule has 1 amide bonds. The van der Waals surface area contributed by atoms with E-state index in [1.165, 1.54) is 11.0 Å². The minimum atomic E-state index is -0.444. The number of hydrogen-bond acceptors (Lipinski definition) is 2. The molecule has 0 radical (unpaired) electrons. The van der Waals surface area contributed by atoms with Gasteiger partial charge in [0.15, 0.2) is 6.29 Å². The summed E-state index contributed by atoms with van der Waals surface area (Å²) in [6, 6.07) is 2.65. The van der Waals surface area contributed by atoms with Crippen molar-refractivity contribution >= 4 is 12.2 Å². The van der Waals surface area contributed by atoms with E-state index in [1.807, 2.05) is 27.7 Å². The van der Waals surface area contributed by atoms with E-state index >= 15 is 0 Å². The lowest BCUT2D eigenvalue weighted by Crippen LogP contribution is -2.33. The first-order valence-corrected chi connectivity index (χ1v) is 6.35. The van der Waals surface area contributed by atoms with Gasteiger partial charge in [-0.25, -0.2) is 4.39 Å². The molecule has 0 spiro atoms. The monoisotopic (exact) mass is 265 g/mol. The molecular formula is C15H20FNO2. The molecule has 0 bridgehead atoms. The van der Waals surface area contributed by atoms with Crippen LogP contribution in [0, 0.1) is 5.82 Å². The molecule has 19 heavy (non-hydrogen) atoms. The number of amides is 1. The van der Waals surface area contributed by atoms with Gasteiger partial charge in [0.1, 0.15) is 5.82 Å². The average molecular weight is 265 g/mol. The number of carbonyl (C=O) groups excluding carboxylic acids is 2. The van der Waals surface area contributed by atoms with Crippen molar-refractivity contribution in [3.8, 4) is 0 Å². The van der Waals surface area contributed by atoms with Gasteiger partial charge >= 0.3 is 0 Å². The summed E-state index contributed by atoms with van der Waals surface area (Å²) >= 11 is 0. The summed E-state index contributed by atoms with van der Waals surface area (Å²) in [5, 5.41) is 0. The summed E-state index contributed by atoms with van der Waals surface area (Å²) in [5.41, 5.74) is 0.807. The Morgan fingerprint density at radius 2 is 1.84 bits per heavy atom. The van der Waals surface area contributed by atoms with Crippen molar-refractivity contribution in [1.29, 1.82) is 0 Å². The second-order valence-electron chi connectivity index (χ2n) is 5.24. The Hall–Kier alpha value is -1.71. The highest BCUT2D eigenvalue weighted by molar-refractivity contribution is 6.01. The zero-order chi connectivity index (χ0) is 14.7. The molecule has 0 heterocycles. The number of rotatable bonds is 4. The largest absolute Gasteiger partial charge is 0.339 e. The summed E-state index contributed by atoms with van der Waals surface area (Å²) in [6.07, 6.45) is 0.522. The van der Waals surface area contributed by atoms with Crippen LogP contribution in [-0.2, 0) is 0 Å². The zero-order valence-corrected chi connectivity index (χ0v) is 12.0. The van der Waals surface area contributed by atoms with Gasteiger partial charge in [0.2, 0.25) is 0 Å². The molecule has 1 rings (SSSR count). The molecular weight excluding hydrogens is 245 g/mol. The van der Waals surface area contributed by atoms with Crippen LogP contribution in [0.5, 0.6) is 0 Å². The maximum Gasteiger partial charge on any atom is 0.254 e. The predicted molar refractivity (Wildman–Crippen MR) is 73.1 cm³/mol. The summed E-state index contributed by atoms with van der Waals surface area (Å²) in [4.78, 5) is 24.8. The van der Waals surface area contributed by atoms with E-state index in [-0.39, 0.29) is 29.0 Å². The second kappa shape index (κ2) is 5.95. The molecule has 0 fully saturated rings. The fraction of sp³-hybridized carbons (Fsp3) is 0.467. The van der Waals surface area contributed by atoms with E-state index in [2.05, 4.69) is 0 Å². The van der Waals surface area contributed by atoms with E-state index in [1.54, 1.807) is 7.05 Å². The van der Waals surface area contributed by atoms with Crippen molar-refractivity contribution in [1.82, 2.24) is 4.90 Å². The third kappa shape index (κ3) is 3.19. The highest BCUT2D eigenvalue weighted by atomic mass is 19.1. The van der Waals surface area contributed by atoms with Crippen molar-refractivity contribution in [2.24, 2.45) is 0 Å². The Balaban J connectivity index is 3.36. The van der Waals surface area contributed by atoms with Crippen LogP contribution in [-0.4, -0.2) is 30.2 Å². The van der Waals surface area contributed by atoms with Crippen LogP contribution in [0.25, 0.3) is 0 Å². The predicted octanol–water partition coefficient (Wildman–Crippen LogP) is 3.24. The molecule has 104 valence electrons. The highest BCUT2D eigenvalue weighted by Crippen LogP contribution is 2.23. The second-order valence-corrected chi connectivity index (χ2v) is 5.24. The van der Waals surface area contributed by atoms with Crippen LogP contribution in [0.3, 0.4) is 0 Å². The highest BCUT2D eigenvalue weighted by Gasteiger charge is 2.21. The Kier molecular flexibility index (Phi) is 4.81. The van der Waals surface area contributed by atoms with E-state index in [9.17, 15) is 14.0 Å². The molecule has 4 heteroatoms. The van der Waals surface area contributed by atoms with E-state index in [4.69, 9.17) is 0 Å². The third-order valence-electron chi connectivity index (χ3n) is 3.24. The Morgan fingerprint density at radius 1 is 1.26 bits per heavy atom. The minimum absolute atomic E-state index is 0.0135. The van der Waals surface area contributed by atoms with Gasteiger partial charge in [-0.05, 0) is 37.5 Å². The van der Waals surface area contributed by atoms with Crippen molar-refractivity contribution in [3.05, 3.63) is 34.6 Å². The maximum absolute atomic E-state index is 13.8. The van der Waals surface area contributed by atoms with Crippen LogP contribution in [0.2, 0.25) is 0 Å². The molecule has 0 saturated carbocycles. The van der Waals surface area contributed by atoms with Gasteiger partial charge < -0.3 is 4.90 Å². The van der Waals surface area contributed by atoms with Crippen LogP contribution in [0.15, 0.2) is 12.1 Å². The van der Waals surface area contributed by atoms with Crippen molar-refractivity contribution in [3.63, 3.8) is 0 Å². The van der Waals surface area contributed by atoms with Crippen LogP contribution in [0.1, 0.15) is 59.9 Å². The van der Waals surface area contributed by atoms with Gasteiger partial charge in [0.25, 0.3) is 5.91 Å². The molecule has 0 N–H and O–H groups in total. The Morgan fingerprint density at radius 3 is 2.26 bits per heavy atom. The van der Waals surface area contributed by atoms with Gasteiger partial charge in [-0.2, -0.15) is 0 Å². The number of benzene rings is 1. The Bertz CT molecular complexity index is 495. The van der Waals surface area contributed by atoms with Crippen molar-refractivity contribution in [2.45, 2.75) is 39.7 Å². The lowest BCUT2D eigenvalue weighted by atomic mass is 9.96. The maximum atomic E-state index is 13.8. The fourth-order valence-corrected chi connectivity index (χ4v) is 1.76. The first kappa shape index (κ1) is 15.3. The molecule has 0 aliphatic heterocycles. The fourth-order valence-electron chi connectivity index (χ4n) is 1.76. The van der Waals surface area contributed by atoms with Crippen LogP contribution < -0.4 is 0 Å². The SMILES string of the molecule is CC(C)c1cc(C(=O)N(C)C(C)C)c(C=O)cc1F. The van der Waals surface area contributed by atoms with Crippen LogP contribution >= 0.6 is 0 Å². The number of halogens is 1. The van der Waals surface area contributed by atoms with E-state index < -0.39 is 5.82 Å². The summed E-state index contributed by atoms with van der Waals surface area (Å²) in [5.74, 6) is -0.753. The number of hydrogen-bond donors (Lipinski definition) is 0. The van der Waals surface area contributed by atoms with Gasteiger partial charge in [-0.1, -0.05) is 13.8 Å². The topological polar surface area (TPSA) is 37.4 Å². The molecule has 0 saturated heterocycles. The number of aldehydes is 1. The molecule has 0 aliphatic rings. The van der Waals surface area contributed by atoms with Crippen molar-refractivity contribution < 1.29 is 14.0 Å². The van der Waals surface area contributed by atoms with E-state index in [0.29, 0.717) is 11.8 Å². The van der Waals surface area contributed by atoms with Gasteiger partial charge in [0, 0.05) is 18.7 Å². The molecule has 0 aromatic heterocycles.